The number of carboxylic acid groups (broad SMARTS) is 1. The van der Waals surface area contributed by atoms with E-state index in [0.717, 1.165) is 25.7 Å². The van der Waals surface area contributed by atoms with E-state index in [0.29, 0.717) is 19.6 Å². The molecule has 0 aliphatic heterocycles. The Morgan fingerprint density at radius 3 is 2.58 bits per heavy atom. The van der Waals surface area contributed by atoms with Gasteiger partial charge in [-0.15, -0.1) is 0 Å². The van der Waals surface area contributed by atoms with Crippen LogP contribution in [-0.4, -0.2) is 36.2 Å². The van der Waals surface area contributed by atoms with E-state index >= 15 is 0 Å². The quantitative estimate of drug-likeness (QED) is 0.628. The summed E-state index contributed by atoms with van der Waals surface area (Å²) in [6.45, 7) is 5.09. The third kappa shape index (κ3) is 4.82. The molecule has 110 valence electrons. The van der Waals surface area contributed by atoms with Gasteiger partial charge in [-0.3, -0.25) is 9.59 Å². The lowest BCUT2D eigenvalue weighted by Gasteiger charge is -2.41. The van der Waals surface area contributed by atoms with E-state index in [-0.39, 0.29) is 23.8 Å². The second-order valence-corrected chi connectivity index (χ2v) is 5.39. The lowest BCUT2D eigenvalue weighted by molar-refractivity contribution is -0.140. The van der Waals surface area contributed by atoms with Crippen LogP contribution < -0.4 is 5.32 Å². The molecule has 19 heavy (non-hydrogen) atoms. The van der Waals surface area contributed by atoms with Gasteiger partial charge in [0.2, 0.25) is 5.91 Å². The van der Waals surface area contributed by atoms with Crippen molar-refractivity contribution in [3.05, 3.63) is 0 Å². The molecule has 1 fully saturated rings. The van der Waals surface area contributed by atoms with Gasteiger partial charge in [-0.1, -0.05) is 6.42 Å². The molecule has 0 radical (unpaired) electrons. The Labute approximate surface area is 114 Å². The van der Waals surface area contributed by atoms with Gasteiger partial charge in [-0.2, -0.15) is 0 Å². The summed E-state index contributed by atoms with van der Waals surface area (Å²) < 4.78 is 5.34. The van der Waals surface area contributed by atoms with Gasteiger partial charge in [-0.05, 0) is 39.5 Å². The Balaban J connectivity index is 2.38. The summed E-state index contributed by atoms with van der Waals surface area (Å²) in [6, 6.07) is -0.0897. The number of amides is 1. The lowest BCUT2D eigenvalue weighted by Crippen LogP contribution is -2.49. The van der Waals surface area contributed by atoms with Gasteiger partial charge in [0.25, 0.3) is 0 Å². The largest absolute Gasteiger partial charge is 0.481 e. The standard InChI is InChI=1S/C14H25NO4/c1-3-19-10-9-14(7-4-8-14)13(18)15-11(2)5-6-12(16)17/h11H,3-10H2,1-2H3,(H,15,18)(H,16,17). The first-order valence-corrected chi connectivity index (χ1v) is 7.10. The highest BCUT2D eigenvalue weighted by Crippen LogP contribution is 2.44. The SMILES string of the molecule is CCOCCC1(C(=O)NC(C)CCC(=O)O)CCC1. The van der Waals surface area contributed by atoms with Crippen LogP contribution in [0.2, 0.25) is 0 Å². The highest BCUT2D eigenvalue weighted by molar-refractivity contribution is 5.83. The minimum absolute atomic E-state index is 0.0661. The van der Waals surface area contributed by atoms with Gasteiger partial charge in [0.1, 0.15) is 0 Å². The number of rotatable bonds is 9. The lowest BCUT2D eigenvalue weighted by atomic mass is 9.66. The van der Waals surface area contributed by atoms with E-state index in [9.17, 15) is 9.59 Å². The van der Waals surface area contributed by atoms with Gasteiger partial charge in [-0.25, -0.2) is 0 Å². The van der Waals surface area contributed by atoms with Crippen LogP contribution in [0.15, 0.2) is 0 Å². The van der Waals surface area contributed by atoms with Crippen LogP contribution >= 0.6 is 0 Å². The first kappa shape index (κ1) is 16.0. The van der Waals surface area contributed by atoms with Crippen molar-refractivity contribution >= 4 is 11.9 Å². The molecule has 5 heteroatoms. The minimum Gasteiger partial charge on any atom is -0.481 e. The monoisotopic (exact) mass is 271 g/mol. The molecule has 1 rings (SSSR count). The zero-order chi connectivity index (χ0) is 14.3. The summed E-state index contributed by atoms with van der Waals surface area (Å²) in [5.74, 6) is -0.757. The zero-order valence-corrected chi connectivity index (χ0v) is 11.9. The zero-order valence-electron chi connectivity index (χ0n) is 11.9. The first-order chi connectivity index (χ1) is 9.00. The smallest absolute Gasteiger partial charge is 0.303 e. The molecule has 5 nitrogen and oxygen atoms in total. The highest BCUT2D eigenvalue weighted by Gasteiger charge is 2.43. The van der Waals surface area contributed by atoms with E-state index in [1.807, 2.05) is 13.8 Å². The second-order valence-electron chi connectivity index (χ2n) is 5.39. The van der Waals surface area contributed by atoms with E-state index in [4.69, 9.17) is 9.84 Å². The molecule has 1 aliphatic carbocycles. The summed E-state index contributed by atoms with van der Waals surface area (Å²) in [5.41, 5.74) is -0.271. The predicted octanol–water partition coefficient (Wildman–Crippen LogP) is 1.95. The van der Waals surface area contributed by atoms with E-state index in [2.05, 4.69) is 5.32 Å². The average Bonchev–Trinajstić information content (AvgIpc) is 2.29. The van der Waals surface area contributed by atoms with Crippen molar-refractivity contribution in [3.8, 4) is 0 Å². The molecule has 1 amide bonds. The number of carbonyl (C=O) groups is 2. The molecule has 0 spiro atoms. The van der Waals surface area contributed by atoms with E-state index in [1.54, 1.807) is 0 Å². The van der Waals surface area contributed by atoms with Crippen molar-refractivity contribution in [1.82, 2.24) is 5.32 Å². The highest BCUT2D eigenvalue weighted by atomic mass is 16.5. The summed E-state index contributed by atoms with van der Waals surface area (Å²) in [6.07, 6.45) is 4.24. The van der Waals surface area contributed by atoms with Gasteiger partial charge >= 0.3 is 5.97 Å². The fourth-order valence-electron chi connectivity index (χ4n) is 2.40. The van der Waals surface area contributed by atoms with Crippen LogP contribution in [-0.2, 0) is 14.3 Å². The molecular weight excluding hydrogens is 246 g/mol. The number of nitrogens with one attached hydrogen (secondary N) is 1. The third-order valence-electron chi connectivity index (χ3n) is 3.89. The first-order valence-electron chi connectivity index (χ1n) is 7.10. The third-order valence-corrected chi connectivity index (χ3v) is 3.89. The number of hydrogen-bond donors (Lipinski definition) is 2. The topological polar surface area (TPSA) is 75.6 Å². The molecule has 1 atom stereocenters. The number of carboxylic acids is 1. The molecule has 0 aromatic carbocycles. The molecule has 0 aromatic rings. The molecule has 1 unspecified atom stereocenters. The molecular formula is C14H25NO4. The number of carbonyl (C=O) groups excluding carboxylic acids is 1. The molecule has 1 aliphatic rings. The number of hydrogen-bond acceptors (Lipinski definition) is 3. The molecule has 0 bridgehead atoms. The van der Waals surface area contributed by atoms with Crippen LogP contribution in [0.4, 0.5) is 0 Å². The Bertz CT molecular complexity index is 313. The molecule has 0 aromatic heterocycles. The van der Waals surface area contributed by atoms with Crippen molar-refractivity contribution < 1.29 is 19.4 Å². The maximum Gasteiger partial charge on any atom is 0.303 e. The molecule has 2 N–H and O–H groups in total. The fourth-order valence-corrected chi connectivity index (χ4v) is 2.40. The molecule has 1 saturated carbocycles. The summed E-state index contributed by atoms with van der Waals surface area (Å²) >= 11 is 0. The van der Waals surface area contributed by atoms with Crippen molar-refractivity contribution in [2.24, 2.45) is 5.41 Å². The summed E-state index contributed by atoms with van der Waals surface area (Å²) in [5, 5.41) is 11.6. The van der Waals surface area contributed by atoms with Crippen molar-refractivity contribution in [3.63, 3.8) is 0 Å². The Morgan fingerprint density at radius 2 is 2.11 bits per heavy atom. The van der Waals surface area contributed by atoms with Crippen molar-refractivity contribution in [2.75, 3.05) is 13.2 Å². The fraction of sp³-hybridized carbons (Fsp3) is 0.857. The molecule has 0 saturated heterocycles. The summed E-state index contributed by atoms with van der Waals surface area (Å²) in [7, 11) is 0. The minimum atomic E-state index is -0.823. The van der Waals surface area contributed by atoms with Crippen LogP contribution in [0.25, 0.3) is 0 Å². The van der Waals surface area contributed by atoms with Crippen LogP contribution in [0.3, 0.4) is 0 Å². The van der Waals surface area contributed by atoms with Crippen molar-refractivity contribution in [1.29, 1.82) is 0 Å². The summed E-state index contributed by atoms with van der Waals surface area (Å²) in [4.78, 5) is 22.8. The predicted molar refractivity (Wildman–Crippen MR) is 71.9 cm³/mol. The number of ether oxygens (including phenoxy) is 1. The Morgan fingerprint density at radius 1 is 1.42 bits per heavy atom. The number of aliphatic carboxylic acids is 1. The maximum atomic E-state index is 12.3. The molecule has 0 heterocycles. The Hall–Kier alpha value is -1.10. The van der Waals surface area contributed by atoms with Crippen LogP contribution in [0, 0.1) is 5.41 Å². The van der Waals surface area contributed by atoms with Gasteiger partial charge in [0.15, 0.2) is 0 Å². The van der Waals surface area contributed by atoms with Crippen molar-refractivity contribution in [2.45, 2.75) is 58.4 Å². The van der Waals surface area contributed by atoms with Gasteiger partial charge in [0, 0.05) is 25.7 Å². The normalized spacial score (nSPS) is 18.4. The van der Waals surface area contributed by atoms with Gasteiger partial charge < -0.3 is 15.2 Å². The van der Waals surface area contributed by atoms with Crippen LogP contribution in [0.5, 0.6) is 0 Å². The Kier molecular flexibility index (Phi) is 6.28. The van der Waals surface area contributed by atoms with E-state index in [1.165, 1.54) is 0 Å². The second kappa shape index (κ2) is 7.48. The maximum absolute atomic E-state index is 12.3. The average molecular weight is 271 g/mol. The van der Waals surface area contributed by atoms with E-state index < -0.39 is 5.97 Å². The van der Waals surface area contributed by atoms with Crippen LogP contribution in [0.1, 0.15) is 52.4 Å². The van der Waals surface area contributed by atoms with Gasteiger partial charge in [0.05, 0.1) is 5.41 Å².